The van der Waals surface area contributed by atoms with E-state index in [2.05, 4.69) is 102 Å². The summed E-state index contributed by atoms with van der Waals surface area (Å²) in [6.07, 6.45) is 7.04. The van der Waals surface area contributed by atoms with E-state index in [0.717, 1.165) is 5.92 Å². The van der Waals surface area contributed by atoms with Crippen LogP contribution in [0.15, 0.2) is 83.0 Å². The normalized spacial score (nSPS) is 21.2. The molecule has 2 aliphatic carbocycles. The van der Waals surface area contributed by atoms with Crippen molar-refractivity contribution in [1.29, 1.82) is 0 Å². The molecule has 32 heavy (non-hydrogen) atoms. The van der Waals surface area contributed by atoms with Gasteiger partial charge in [0.05, 0.1) is 0 Å². The van der Waals surface area contributed by atoms with Crippen molar-refractivity contribution < 1.29 is 57.7 Å². The zero-order valence-electron chi connectivity index (χ0n) is 19.3. The summed E-state index contributed by atoms with van der Waals surface area (Å²) in [6, 6.07) is 24.0. The van der Waals surface area contributed by atoms with Gasteiger partial charge in [0, 0.05) is 0 Å². The van der Waals surface area contributed by atoms with E-state index in [1.807, 2.05) is 0 Å². The molecule has 170 valence electrons. The number of benzene rings is 2. The van der Waals surface area contributed by atoms with Crippen LogP contribution in [0.2, 0.25) is 9.76 Å². The van der Waals surface area contributed by atoms with Gasteiger partial charge < -0.3 is 37.2 Å². The summed E-state index contributed by atoms with van der Waals surface area (Å²) in [5.74, 6) is 0.794. The van der Waals surface area contributed by atoms with Gasteiger partial charge in [-0.15, -0.1) is 0 Å². The molecule has 0 aromatic heterocycles. The van der Waals surface area contributed by atoms with Crippen LogP contribution < -0.4 is 47.6 Å². The van der Waals surface area contributed by atoms with E-state index in [0.29, 0.717) is 0 Å². The molecule has 0 radical (unpaired) electrons. The van der Waals surface area contributed by atoms with Crippen LogP contribution in [0.4, 0.5) is 0 Å². The Morgan fingerprint density at radius 3 is 1.69 bits per heavy atom. The average molecular weight is 540 g/mol. The van der Waals surface area contributed by atoms with E-state index in [9.17, 15) is 0 Å². The summed E-state index contributed by atoms with van der Waals surface area (Å²) in [7, 11) is -1.32. The van der Waals surface area contributed by atoms with Gasteiger partial charge in [-0.2, -0.15) is 0 Å². The predicted molar refractivity (Wildman–Crippen MR) is 124 cm³/mol. The molecule has 5 heteroatoms. The first kappa shape index (κ1) is 29.8. The molecule has 2 aromatic rings. The molecule has 0 saturated heterocycles. The summed E-state index contributed by atoms with van der Waals surface area (Å²) in [6.45, 7) is 7.21. The quantitative estimate of drug-likeness (QED) is 0.356. The molecule has 2 aliphatic rings. The van der Waals surface area contributed by atoms with E-state index >= 15 is 0 Å². The Kier molecular flexibility index (Phi) is 12.1. The monoisotopic (exact) mass is 538 g/mol. The van der Waals surface area contributed by atoms with Crippen molar-refractivity contribution in [3.63, 3.8) is 0 Å². The molecule has 2 aromatic carbocycles. The number of hydrogen-bond donors (Lipinski definition) is 0. The standard InChI is InChI=1S/C27H33Si.3ClH.Ti/c1-20-21(2)26(27(22(20)3)23-13-7-4-8-14-23)19-28(24-15-9-5-10-16-24)25-17-11-6-12-18-25;;;;/h5-6,9-12,15-18,23,28H,4,7-8,13-14,19H2,1-3H3;3*1H;/q;;;;+3/p-3. The van der Waals surface area contributed by atoms with Crippen LogP contribution in [0.25, 0.3) is 0 Å². The van der Waals surface area contributed by atoms with Crippen molar-refractivity contribution in [2.24, 2.45) is 5.92 Å². The Hall–Kier alpha value is -0.279. The molecule has 1 fully saturated rings. The van der Waals surface area contributed by atoms with Crippen molar-refractivity contribution >= 4 is 19.2 Å². The fraction of sp³-hybridized carbons (Fsp3) is 0.407. The molecule has 0 spiro atoms. The van der Waals surface area contributed by atoms with Gasteiger partial charge in [0.2, 0.25) is 0 Å². The molecule has 1 saturated carbocycles. The van der Waals surface area contributed by atoms with Gasteiger partial charge in [-0.25, -0.2) is 0 Å². The number of hydrogen-bond acceptors (Lipinski definition) is 0. The van der Waals surface area contributed by atoms with Crippen molar-refractivity contribution in [2.45, 2.75) is 62.6 Å². The summed E-state index contributed by atoms with van der Waals surface area (Å²) in [5.41, 5.74) is 6.63. The Labute approximate surface area is 227 Å². The second-order valence-corrected chi connectivity index (χ2v) is 13.3. The van der Waals surface area contributed by atoms with Crippen LogP contribution >= 0.6 is 0 Å². The zero-order chi connectivity index (χ0) is 20.4. The molecular weight excluding hydrogens is 507 g/mol. The first-order valence-corrected chi connectivity index (χ1v) is 14.0. The molecule has 0 nitrogen and oxygen atoms in total. The Morgan fingerprint density at radius 2 is 1.22 bits per heavy atom. The number of allylic oxidation sites excluding steroid dienone is 4. The van der Waals surface area contributed by atoms with Crippen molar-refractivity contribution in [3.8, 4) is 0 Å². The van der Waals surface area contributed by atoms with Crippen LogP contribution in [0, 0.1) is 5.92 Å². The molecule has 0 amide bonds. The number of rotatable bonds is 5. The van der Waals surface area contributed by atoms with Gasteiger partial charge in [-0.05, 0) is 0 Å². The molecule has 4 rings (SSSR count). The van der Waals surface area contributed by atoms with Crippen LogP contribution in [-0.2, 0) is 20.4 Å². The van der Waals surface area contributed by atoms with Gasteiger partial charge in [0.1, 0.15) is 0 Å². The van der Waals surface area contributed by atoms with Crippen LogP contribution in [-0.4, -0.2) is 8.80 Å². The van der Waals surface area contributed by atoms with Crippen LogP contribution in [0.3, 0.4) is 0 Å². The first-order chi connectivity index (χ1) is 14.0. The molecule has 0 aliphatic heterocycles. The second kappa shape index (κ2) is 13.0. The molecule has 0 heterocycles. The molecule has 1 atom stereocenters. The van der Waals surface area contributed by atoms with Crippen molar-refractivity contribution in [2.75, 3.05) is 0 Å². The molecular formula is C27H33Cl3SiTi. The third-order valence-corrected chi connectivity index (χ3v) is 12.9. The van der Waals surface area contributed by atoms with E-state index in [1.165, 1.54) is 38.1 Å². The Morgan fingerprint density at radius 1 is 0.750 bits per heavy atom. The Balaban J connectivity index is 0.00000171. The van der Waals surface area contributed by atoms with E-state index < -0.39 is 8.80 Å². The van der Waals surface area contributed by atoms with Crippen molar-refractivity contribution in [1.82, 2.24) is 0 Å². The molecule has 0 bridgehead atoms. The fourth-order valence-electron chi connectivity index (χ4n) is 5.74. The SMILES string of the molecule is CC1=C(C)[C]([Ti+3])(C[SiH](c2ccccc2)c2ccccc2)C(C2CCCCC2)=C1C.[Cl-].[Cl-].[Cl-]. The minimum atomic E-state index is -1.32. The maximum absolute atomic E-state index is 2.58. The predicted octanol–water partition coefficient (Wildman–Crippen LogP) is -3.01. The Bertz CT molecular complexity index is 881. The van der Waals surface area contributed by atoms with Gasteiger partial charge in [0.15, 0.2) is 0 Å². The summed E-state index contributed by atoms with van der Waals surface area (Å²) < 4.78 is 0.221. The van der Waals surface area contributed by atoms with Gasteiger partial charge >= 0.3 is 191 Å². The van der Waals surface area contributed by atoms with Gasteiger partial charge in [-0.1, -0.05) is 0 Å². The van der Waals surface area contributed by atoms with E-state index in [-0.39, 0.29) is 40.9 Å². The zero-order valence-corrected chi connectivity index (χ0v) is 24.3. The number of halogens is 3. The van der Waals surface area contributed by atoms with E-state index in [4.69, 9.17) is 0 Å². The maximum atomic E-state index is 2.58. The van der Waals surface area contributed by atoms with Crippen LogP contribution in [0.1, 0.15) is 52.9 Å². The van der Waals surface area contributed by atoms with Gasteiger partial charge in [-0.3, -0.25) is 0 Å². The molecule has 1 unspecified atom stereocenters. The topological polar surface area (TPSA) is 0 Å². The van der Waals surface area contributed by atoms with Crippen molar-refractivity contribution in [3.05, 3.63) is 83.0 Å². The van der Waals surface area contributed by atoms with Crippen LogP contribution in [0.5, 0.6) is 0 Å². The first-order valence-electron chi connectivity index (χ1n) is 11.3. The fourth-order valence-corrected chi connectivity index (χ4v) is 11.0. The minimum Gasteiger partial charge on any atom is -1.00 e. The molecule has 0 N–H and O–H groups in total. The average Bonchev–Trinajstić information content (AvgIpc) is 2.94. The second-order valence-electron chi connectivity index (χ2n) is 9.11. The van der Waals surface area contributed by atoms with Gasteiger partial charge in [0.25, 0.3) is 0 Å². The summed E-state index contributed by atoms with van der Waals surface area (Å²) in [5, 5.41) is 3.16. The summed E-state index contributed by atoms with van der Waals surface area (Å²) in [4.78, 5) is 0. The maximum Gasteiger partial charge on any atom is -1.00 e. The van der Waals surface area contributed by atoms with E-state index in [1.54, 1.807) is 32.7 Å². The largest absolute Gasteiger partial charge is 1.00 e. The third kappa shape index (κ3) is 5.85. The summed E-state index contributed by atoms with van der Waals surface area (Å²) >= 11 is 2.58. The minimum absolute atomic E-state index is 0. The smallest absolute Gasteiger partial charge is 1.00 e. The third-order valence-electron chi connectivity index (χ3n) is 7.56.